The molecular formula is C21H32N6O2S. The monoisotopic (exact) mass is 432 g/mol. The number of anilines is 2. The van der Waals surface area contributed by atoms with Crippen LogP contribution in [0.5, 0.6) is 0 Å². The molecule has 2 fully saturated rings. The maximum atomic E-state index is 12.7. The van der Waals surface area contributed by atoms with Crippen molar-refractivity contribution in [3.8, 4) is 0 Å². The third kappa shape index (κ3) is 3.99. The van der Waals surface area contributed by atoms with Crippen LogP contribution in [0.15, 0.2) is 33.1 Å². The Hall–Kier alpha value is -2.29. The maximum absolute atomic E-state index is 12.7. The van der Waals surface area contributed by atoms with Crippen molar-refractivity contribution in [2.45, 2.75) is 68.3 Å². The quantitative estimate of drug-likeness (QED) is 0.758. The second-order valence-corrected chi connectivity index (χ2v) is 10.6. The molecule has 0 atom stereocenters. The van der Waals surface area contributed by atoms with Gasteiger partial charge in [-0.1, -0.05) is 19.3 Å². The van der Waals surface area contributed by atoms with Gasteiger partial charge in [-0.05, 0) is 56.7 Å². The van der Waals surface area contributed by atoms with Gasteiger partial charge in [-0.15, -0.1) is 0 Å². The Labute approximate surface area is 179 Å². The normalized spacial score (nSPS) is 22.4. The maximum Gasteiger partial charge on any atom is 0.220 e. The van der Waals surface area contributed by atoms with Crippen molar-refractivity contribution in [3.63, 3.8) is 0 Å². The highest BCUT2D eigenvalue weighted by Gasteiger charge is 2.44. The van der Waals surface area contributed by atoms with Gasteiger partial charge in [0.2, 0.25) is 11.9 Å². The van der Waals surface area contributed by atoms with E-state index in [1.165, 1.54) is 19.1 Å². The van der Waals surface area contributed by atoms with Crippen LogP contribution in [-0.2, 0) is 9.84 Å². The molecule has 30 heavy (non-hydrogen) atoms. The van der Waals surface area contributed by atoms with E-state index in [1.807, 2.05) is 17.0 Å². The van der Waals surface area contributed by atoms with Crippen molar-refractivity contribution in [3.05, 3.63) is 18.2 Å². The lowest BCUT2D eigenvalue weighted by atomic mass is 9.87. The first-order valence-corrected chi connectivity index (χ1v) is 12.8. The van der Waals surface area contributed by atoms with E-state index in [2.05, 4.69) is 9.89 Å². The van der Waals surface area contributed by atoms with Crippen LogP contribution in [0.1, 0.15) is 57.8 Å². The van der Waals surface area contributed by atoms with Crippen molar-refractivity contribution in [2.24, 2.45) is 21.5 Å². The molecule has 4 N–H and O–H groups in total. The molecule has 3 aliphatic rings. The summed E-state index contributed by atoms with van der Waals surface area (Å²) < 4.78 is 25.4. The molecule has 164 valence electrons. The molecule has 2 aliphatic heterocycles. The zero-order chi connectivity index (χ0) is 21.4. The summed E-state index contributed by atoms with van der Waals surface area (Å²) in [7, 11) is -3.48. The number of nitrogens with two attached hydrogens (primary N) is 2. The summed E-state index contributed by atoms with van der Waals surface area (Å²) in [5.41, 5.74) is 13.3. The Morgan fingerprint density at radius 2 is 1.60 bits per heavy atom. The number of nitrogens with zero attached hydrogens (tertiary/aromatic N) is 4. The largest absolute Gasteiger partial charge is 0.371 e. The molecule has 0 aromatic heterocycles. The van der Waals surface area contributed by atoms with Crippen LogP contribution in [0, 0.1) is 0 Å². The zero-order valence-corrected chi connectivity index (χ0v) is 18.5. The van der Waals surface area contributed by atoms with Crippen LogP contribution in [0.2, 0.25) is 0 Å². The Morgan fingerprint density at radius 3 is 2.23 bits per heavy atom. The van der Waals surface area contributed by atoms with Gasteiger partial charge in [-0.25, -0.2) is 13.4 Å². The highest BCUT2D eigenvalue weighted by molar-refractivity contribution is 7.90. The van der Waals surface area contributed by atoms with Crippen molar-refractivity contribution < 1.29 is 8.42 Å². The SMILES string of the molecule is CS(=O)(=O)c1ccc(N2CCCCCC2)cc1N1C(N)=NC(N)=NC12CCCCC2. The van der Waals surface area contributed by atoms with Crippen molar-refractivity contribution in [1.29, 1.82) is 0 Å². The van der Waals surface area contributed by atoms with Crippen molar-refractivity contribution in [1.82, 2.24) is 0 Å². The topological polar surface area (TPSA) is 117 Å². The molecule has 0 amide bonds. The first kappa shape index (κ1) is 21.0. The summed E-state index contributed by atoms with van der Waals surface area (Å²) in [5, 5.41) is 0. The number of benzene rings is 1. The second kappa shape index (κ2) is 8.09. The predicted octanol–water partition coefficient (Wildman–Crippen LogP) is 2.58. The molecule has 4 rings (SSSR count). The van der Waals surface area contributed by atoms with Gasteiger partial charge in [0.1, 0.15) is 5.66 Å². The van der Waals surface area contributed by atoms with Gasteiger partial charge < -0.3 is 16.4 Å². The fraction of sp³-hybridized carbons (Fsp3) is 0.619. The molecule has 9 heteroatoms. The highest BCUT2D eigenvalue weighted by Crippen LogP contribution is 2.42. The van der Waals surface area contributed by atoms with Crippen LogP contribution < -0.4 is 21.3 Å². The van der Waals surface area contributed by atoms with Gasteiger partial charge in [0.15, 0.2) is 9.84 Å². The molecule has 2 heterocycles. The van der Waals surface area contributed by atoms with Crippen LogP contribution in [0.3, 0.4) is 0 Å². The summed E-state index contributed by atoms with van der Waals surface area (Å²) in [4.78, 5) is 13.3. The van der Waals surface area contributed by atoms with Crippen molar-refractivity contribution in [2.75, 3.05) is 29.1 Å². The van der Waals surface area contributed by atoms with Gasteiger partial charge in [-0.3, -0.25) is 4.90 Å². The van der Waals surface area contributed by atoms with Gasteiger partial charge in [-0.2, -0.15) is 4.99 Å². The van der Waals surface area contributed by atoms with Gasteiger partial charge in [0.25, 0.3) is 0 Å². The van der Waals surface area contributed by atoms with E-state index in [-0.39, 0.29) is 16.8 Å². The minimum atomic E-state index is -3.48. The highest BCUT2D eigenvalue weighted by atomic mass is 32.2. The van der Waals surface area contributed by atoms with Crippen LogP contribution in [0.25, 0.3) is 0 Å². The Kier molecular flexibility index (Phi) is 5.65. The number of hydrogen-bond donors (Lipinski definition) is 2. The van der Waals surface area contributed by atoms with Crippen LogP contribution >= 0.6 is 0 Å². The summed E-state index contributed by atoms with van der Waals surface area (Å²) in [6.07, 6.45) is 10.6. The first-order chi connectivity index (χ1) is 14.3. The molecule has 0 radical (unpaired) electrons. The minimum Gasteiger partial charge on any atom is -0.371 e. The number of sulfone groups is 1. The molecule has 1 aliphatic carbocycles. The van der Waals surface area contributed by atoms with Crippen LogP contribution in [0.4, 0.5) is 11.4 Å². The number of hydrogen-bond acceptors (Lipinski definition) is 8. The zero-order valence-electron chi connectivity index (χ0n) is 17.7. The van der Waals surface area contributed by atoms with Gasteiger partial charge in [0.05, 0.1) is 10.6 Å². The predicted molar refractivity (Wildman–Crippen MR) is 122 cm³/mol. The fourth-order valence-electron chi connectivity index (χ4n) is 4.99. The third-order valence-electron chi connectivity index (χ3n) is 6.41. The second-order valence-electron chi connectivity index (χ2n) is 8.64. The Morgan fingerprint density at radius 1 is 0.967 bits per heavy atom. The molecule has 0 unspecified atom stereocenters. The van der Waals surface area contributed by atoms with Crippen molar-refractivity contribution >= 4 is 33.1 Å². The summed E-state index contributed by atoms with van der Waals surface area (Å²) in [6, 6.07) is 5.57. The molecular weight excluding hydrogens is 400 g/mol. The average Bonchev–Trinajstić information content (AvgIpc) is 2.96. The minimum absolute atomic E-state index is 0.162. The molecule has 8 nitrogen and oxygen atoms in total. The van der Waals surface area contributed by atoms with E-state index in [4.69, 9.17) is 16.5 Å². The van der Waals surface area contributed by atoms with E-state index < -0.39 is 15.5 Å². The lowest BCUT2D eigenvalue weighted by Gasteiger charge is -2.46. The summed E-state index contributed by atoms with van der Waals surface area (Å²) in [6.45, 7) is 1.94. The van der Waals surface area contributed by atoms with E-state index in [9.17, 15) is 8.42 Å². The number of aliphatic imine (C=N–C) groups is 2. The summed E-state index contributed by atoms with van der Waals surface area (Å²) in [5.74, 6) is 0.373. The Bertz CT molecular complexity index is 958. The molecule has 0 bridgehead atoms. The third-order valence-corrected chi connectivity index (χ3v) is 7.55. The van der Waals surface area contributed by atoms with E-state index in [0.717, 1.165) is 63.7 Å². The van der Waals surface area contributed by atoms with E-state index in [1.54, 1.807) is 6.07 Å². The summed E-state index contributed by atoms with van der Waals surface area (Å²) >= 11 is 0. The lowest BCUT2D eigenvalue weighted by Crippen LogP contribution is -2.58. The molecule has 1 aromatic carbocycles. The lowest BCUT2D eigenvalue weighted by molar-refractivity contribution is 0.305. The average molecular weight is 433 g/mol. The number of guanidine groups is 2. The first-order valence-electron chi connectivity index (χ1n) is 10.9. The smallest absolute Gasteiger partial charge is 0.220 e. The molecule has 1 saturated carbocycles. The molecule has 1 spiro atoms. The molecule has 1 saturated heterocycles. The number of rotatable bonds is 3. The standard InChI is InChI=1S/C21H32N6O2S/c1-30(28,29)18-10-9-16(26-13-7-2-3-8-14-26)15-17(18)27-20(23)24-19(22)25-21(27)11-5-4-6-12-21/h9-10,15H,2-8,11-14H2,1H3,(H4,22,23,24,25). The molecule has 1 aromatic rings. The van der Waals surface area contributed by atoms with Gasteiger partial charge >= 0.3 is 0 Å². The Balaban J connectivity index is 1.86. The van der Waals surface area contributed by atoms with E-state index >= 15 is 0 Å². The van der Waals surface area contributed by atoms with E-state index in [0.29, 0.717) is 5.69 Å². The van der Waals surface area contributed by atoms with Crippen LogP contribution in [-0.4, -0.2) is 45.3 Å². The fourth-order valence-corrected chi connectivity index (χ4v) is 5.83. The van der Waals surface area contributed by atoms with Gasteiger partial charge in [0, 0.05) is 25.0 Å².